The van der Waals surface area contributed by atoms with E-state index in [1.54, 1.807) is 44.2 Å². The fourth-order valence-electron chi connectivity index (χ4n) is 1.29. The van der Waals surface area contributed by atoms with Crippen LogP contribution in [0.25, 0.3) is 6.08 Å². The average Bonchev–Trinajstić information content (AvgIpc) is 2.27. The van der Waals surface area contributed by atoms with Gasteiger partial charge in [0.1, 0.15) is 5.75 Å². The second kappa shape index (κ2) is 6.60. The Kier molecular flexibility index (Phi) is 5.42. The van der Waals surface area contributed by atoms with Gasteiger partial charge in [-0.25, -0.2) is 0 Å². The molecule has 0 saturated carbocycles. The lowest BCUT2D eigenvalue weighted by molar-refractivity contribution is 0.229. The van der Waals surface area contributed by atoms with Gasteiger partial charge < -0.3 is 14.2 Å². The fourth-order valence-corrected chi connectivity index (χ4v) is 2.61. The molecule has 4 nitrogen and oxygen atoms in total. The SMILES string of the molecule is CCOP(=O)(C=Cc1cccc(O)c1)OCC. The maximum Gasteiger partial charge on any atom is 0.354 e. The van der Waals surface area contributed by atoms with E-state index in [0.29, 0.717) is 13.2 Å². The van der Waals surface area contributed by atoms with Crippen LogP contribution in [0.2, 0.25) is 0 Å². The number of aromatic hydroxyl groups is 1. The first-order valence-electron chi connectivity index (χ1n) is 5.46. The van der Waals surface area contributed by atoms with Gasteiger partial charge in [-0.1, -0.05) is 12.1 Å². The Labute approximate surface area is 101 Å². The van der Waals surface area contributed by atoms with E-state index in [4.69, 9.17) is 9.05 Å². The molecule has 0 fully saturated rings. The Bertz CT molecular complexity index is 418. The third-order valence-corrected chi connectivity index (χ3v) is 3.69. The molecule has 0 bridgehead atoms. The first-order chi connectivity index (χ1) is 8.09. The van der Waals surface area contributed by atoms with Gasteiger partial charge >= 0.3 is 7.60 Å². The van der Waals surface area contributed by atoms with Crippen LogP contribution in [0.4, 0.5) is 0 Å². The Morgan fingerprint density at radius 1 is 1.29 bits per heavy atom. The quantitative estimate of drug-likeness (QED) is 0.789. The van der Waals surface area contributed by atoms with E-state index >= 15 is 0 Å². The summed E-state index contributed by atoms with van der Waals surface area (Å²) in [5.41, 5.74) is 0.740. The fraction of sp³-hybridized carbons (Fsp3) is 0.333. The van der Waals surface area contributed by atoms with Crippen LogP contribution in [0, 0.1) is 0 Å². The summed E-state index contributed by atoms with van der Waals surface area (Å²) >= 11 is 0. The minimum Gasteiger partial charge on any atom is -0.508 e. The normalized spacial score (nSPS) is 12.1. The molecule has 1 aromatic carbocycles. The Balaban J connectivity index is 2.83. The van der Waals surface area contributed by atoms with E-state index in [0.717, 1.165) is 5.56 Å². The first kappa shape index (κ1) is 14.0. The molecule has 94 valence electrons. The van der Waals surface area contributed by atoms with Gasteiger partial charge in [-0.05, 0) is 37.6 Å². The number of hydrogen-bond acceptors (Lipinski definition) is 4. The predicted molar refractivity (Wildman–Crippen MR) is 68.0 cm³/mol. The van der Waals surface area contributed by atoms with Crippen molar-refractivity contribution in [3.05, 3.63) is 35.6 Å². The molecule has 0 heterocycles. The molecule has 0 atom stereocenters. The summed E-state index contributed by atoms with van der Waals surface area (Å²) < 4.78 is 22.3. The van der Waals surface area contributed by atoms with Crippen LogP contribution in [0.1, 0.15) is 19.4 Å². The van der Waals surface area contributed by atoms with Gasteiger partial charge in [-0.3, -0.25) is 4.57 Å². The zero-order valence-corrected chi connectivity index (χ0v) is 10.9. The van der Waals surface area contributed by atoms with Gasteiger partial charge in [0, 0.05) is 5.82 Å². The van der Waals surface area contributed by atoms with E-state index in [1.165, 1.54) is 5.82 Å². The topological polar surface area (TPSA) is 55.8 Å². The number of hydrogen-bond donors (Lipinski definition) is 1. The number of benzene rings is 1. The number of rotatable bonds is 6. The van der Waals surface area contributed by atoms with Gasteiger partial charge in [0.2, 0.25) is 0 Å². The summed E-state index contributed by atoms with van der Waals surface area (Å²) in [4.78, 5) is 0. The largest absolute Gasteiger partial charge is 0.508 e. The molecule has 17 heavy (non-hydrogen) atoms. The van der Waals surface area contributed by atoms with Gasteiger partial charge in [-0.15, -0.1) is 0 Å². The monoisotopic (exact) mass is 256 g/mol. The minimum absolute atomic E-state index is 0.162. The highest BCUT2D eigenvalue weighted by molar-refractivity contribution is 7.57. The van der Waals surface area contributed by atoms with E-state index in [9.17, 15) is 9.67 Å². The predicted octanol–water partition coefficient (Wildman–Crippen LogP) is 3.63. The standard InChI is InChI=1S/C12H17O4P/c1-3-15-17(14,16-4-2)9-8-11-6-5-7-12(13)10-11/h5-10,13H,3-4H2,1-2H3. The zero-order chi connectivity index (χ0) is 12.7. The lowest BCUT2D eigenvalue weighted by Crippen LogP contribution is -1.92. The smallest absolute Gasteiger partial charge is 0.354 e. The molecular formula is C12H17O4P. The Morgan fingerprint density at radius 3 is 2.47 bits per heavy atom. The summed E-state index contributed by atoms with van der Waals surface area (Å²) in [7, 11) is -3.16. The molecule has 0 aromatic heterocycles. The molecule has 0 unspecified atom stereocenters. The molecule has 1 N–H and O–H groups in total. The van der Waals surface area contributed by atoms with E-state index in [-0.39, 0.29) is 5.75 Å². The Morgan fingerprint density at radius 2 is 1.94 bits per heavy atom. The summed E-state index contributed by atoms with van der Waals surface area (Å²) in [6, 6.07) is 6.64. The second-order valence-electron chi connectivity index (χ2n) is 3.29. The van der Waals surface area contributed by atoms with Crippen LogP contribution < -0.4 is 0 Å². The van der Waals surface area contributed by atoms with Gasteiger partial charge in [0.05, 0.1) is 13.2 Å². The lowest BCUT2D eigenvalue weighted by Gasteiger charge is -2.12. The highest BCUT2D eigenvalue weighted by Crippen LogP contribution is 2.50. The van der Waals surface area contributed by atoms with Crippen molar-refractivity contribution in [1.29, 1.82) is 0 Å². The van der Waals surface area contributed by atoms with E-state index < -0.39 is 7.60 Å². The molecule has 0 amide bonds. The van der Waals surface area contributed by atoms with Crippen LogP contribution in [-0.4, -0.2) is 18.3 Å². The Hall–Kier alpha value is -1.09. The van der Waals surface area contributed by atoms with E-state index in [2.05, 4.69) is 0 Å². The van der Waals surface area contributed by atoms with Crippen molar-refractivity contribution in [2.45, 2.75) is 13.8 Å². The van der Waals surface area contributed by atoms with Crippen molar-refractivity contribution in [3.63, 3.8) is 0 Å². The number of phenolic OH excluding ortho intramolecular Hbond substituents is 1. The maximum atomic E-state index is 12.1. The second-order valence-corrected chi connectivity index (χ2v) is 5.18. The lowest BCUT2D eigenvalue weighted by atomic mass is 10.2. The third kappa shape index (κ3) is 4.73. The summed E-state index contributed by atoms with van der Waals surface area (Å²) in [5, 5.41) is 9.28. The molecule has 0 aliphatic carbocycles. The molecule has 0 aliphatic rings. The zero-order valence-electron chi connectivity index (χ0n) is 10.00. The molecule has 0 radical (unpaired) electrons. The molecule has 0 spiro atoms. The molecule has 5 heteroatoms. The van der Waals surface area contributed by atoms with Crippen LogP contribution in [0.5, 0.6) is 5.75 Å². The summed E-state index contributed by atoms with van der Waals surface area (Å²) in [6.07, 6.45) is 1.62. The molecule has 0 saturated heterocycles. The van der Waals surface area contributed by atoms with E-state index in [1.807, 2.05) is 0 Å². The maximum absolute atomic E-state index is 12.1. The molecule has 0 aliphatic heterocycles. The summed E-state index contributed by atoms with van der Waals surface area (Å²) in [5.74, 6) is 1.57. The van der Waals surface area contributed by atoms with Crippen LogP contribution in [0.3, 0.4) is 0 Å². The van der Waals surface area contributed by atoms with Crippen molar-refractivity contribution in [1.82, 2.24) is 0 Å². The number of phenols is 1. The molecule has 1 aromatic rings. The highest BCUT2D eigenvalue weighted by atomic mass is 31.2. The summed E-state index contributed by atoms with van der Waals surface area (Å²) in [6.45, 7) is 4.16. The van der Waals surface area contributed by atoms with Crippen LogP contribution in [-0.2, 0) is 13.6 Å². The average molecular weight is 256 g/mol. The minimum atomic E-state index is -3.16. The van der Waals surface area contributed by atoms with Crippen molar-refractivity contribution < 1.29 is 18.7 Å². The molecular weight excluding hydrogens is 239 g/mol. The van der Waals surface area contributed by atoms with Crippen molar-refractivity contribution in [2.75, 3.05) is 13.2 Å². The van der Waals surface area contributed by atoms with Gasteiger partial charge in [0.15, 0.2) is 0 Å². The van der Waals surface area contributed by atoms with Crippen LogP contribution in [0.15, 0.2) is 30.1 Å². The van der Waals surface area contributed by atoms with Crippen molar-refractivity contribution in [3.8, 4) is 5.75 Å². The van der Waals surface area contributed by atoms with Gasteiger partial charge in [-0.2, -0.15) is 0 Å². The third-order valence-electron chi connectivity index (χ3n) is 1.94. The first-order valence-corrected chi connectivity index (χ1v) is 7.08. The van der Waals surface area contributed by atoms with Gasteiger partial charge in [0.25, 0.3) is 0 Å². The van der Waals surface area contributed by atoms with Crippen molar-refractivity contribution in [2.24, 2.45) is 0 Å². The highest BCUT2D eigenvalue weighted by Gasteiger charge is 2.18. The van der Waals surface area contributed by atoms with Crippen molar-refractivity contribution >= 4 is 13.7 Å². The molecule has 1 rings (SSSR count). The van der Waals surface area contributed by atoms with Crippen LogP contribution >= 0.6 is 7.60 Å².